The Balaban J connectivity index is 1.39. The maximum atomic E-state index is 15.1. The molecule has 7 nitrogen and oxygen atoms in total. The standard InChI is InChI=1S/C37H36ClN3O4S/c1-24-12-9-17-28(38)31(24)40-21-11-19-37-30(29-33(43)39(26-15-7-4-8-16-26)20-10-18-36(29,2)46-37)34(44)41(32(37)35(40)45)27(23-42)22-25-13-5-3-6-14-25/h3-19,27,29-30,32,42H,20-23H2,1-2H3/t27-,29+,30+,32?,36-,37+/m1/s1. The van der Waals surface area contributed by atoms with Crippen LogP contribution in [0.25, 0.3) is 0 Å². The normalized spacial score (nSPS) is 29.3. The average Bonchev–Trinajstić information content (AvgIpc) is 3.33. The highest BCUT2D eigenvalue weighted by Gasteiger charge is 2.74. The number of fused-ring (bicyclic) bond motifs is 2. The summed E-state index contributed by atoms with van der Waals surface area (Å²) in [5.74, 6) is -2.26. The van der Waals surface area contributed by atoms with E-state index in [0.717, 1.165) is 16.8 Å². The van der Waals surface area contributed by atoms with Crippen molar-refractivity contribution in [3.8, 4) is 0 Å². The Bertz CT molecular complexity index is 1730. The number of benzene rings is 3. The van der Waals surface area contributed by atoms with Crippen molar-refractivity contribution in [2.24, 2.45) is 11.8 Å². The molecule has 7 rings (SSSR count). The lowest BCUT2D eigenvalue weighted by molar-refractivity contribution is -0.142. The SMILES string of the molecule is Cc1cccc(Cl)c1N1CC=C[C@]23S[C@]4(C)C=CCN(c5ccccc5)C(=O)[C@@H]4[C@H]2C(=O)N([C@@H](CO)Cc2ccccc2)C3C1=O. The van der Waals surface area contributed by atoms with E-state index in [1.54, 1.807) is 20.8 Å². The maximum Gasteiger partial charge on any atom is 0.251 e. The topological polar surface area (TPSA) is 81.2 Å². The molecule has 3 aromatic carbocycles. The predicted molar refractivity (Wildman–Crippen MR) is 183 cm³/mol. The van der Waals surface area contributed by atoms with E-state index in [0.29, 0.717) is 23.7 Å². The third-order valence-corrected chi connectivity index (χ3v) is 12.0. The molecule has 6 atom stereocenters. The van der Waals surface area contributed by atoms with Gasteiger partial charge in [-0.2, -0.15) is 0 Å². The van der Waals surface area contributed by atoms with Crippen LogP contribution in [0.15, 0.2) is 103 Å². The summed E-state index contributed by atoms with van der Waals surface area (Å²) in [4.78, 5) is 49.8. The second kappa shape index (κ2) is 11.7. The first-order valence-electron chi connectivity index (χ1n) is 15.7. The third-order valence-electron chi connectivity index (χ3n) is 9.94. The molecule has 236 valence electrons. The lowest BCUT2D eigenvalue weighted by atomic mass is 9.74. The predicted octanol–water partition coefficient (Wildman–Crippen LogP) is 5.45. The van der Waals surface area contributed by atoms with E-state index < -0.39 is 33.4 Å². The minimum absolute atomic E-state index is 0.144. The molecule has 1 N–H and O–H groups in total. The smallest absolute Gasteiger partial charge is 0.251 e. The molecule has 9 heteroatoms. The average molecular weight is 654 g/mol. The van der Waals surface area contributed by atoms with Gasteiger partial charge < -0.3 is 19.8 Å². The summed E-state index contributed by atoms with van der Waals surface area (Å²) < 4.78 is -1.80. The lowest BCUT2D eigenvalue weighted by Gasteiger charge is -2.40. The Morgan fingerprint density at radius 2 is 1.52 bits per heavy atom. The summed E-state index contributed by atoms with van der Waals surface area (Å²) in [7, 11) is 0. The number of amides is 3. The molecule has 0 saturated carbocycles. The van der Waals surface area contributed by atoms with E-state index in [1.807, 2.05) is 105 Å². The molecule has 1 unspecified atom stereocenters. The van der Waals surface area contributed by atoms with Gasteiger partial charge in [-0.1, -0.05) is 96.6 Å². The summed E-state index contributed by atoms with van der Waals surface area (Å²) >= 11 is 8.26. The molecule has 2 saturated heterocycles. The minimum Gasteiger partial charge on any atom is -0.394 e. The Labute approximate surface area is 278 Å². The van der Waals surface area contributed by atoms with Crippen LogP contribution in [0.2, 0.25) is 5.02 Å². The van der Waals surface area contributed by atoms with Crippen LogP contribution in [-0.4, -0.2) is 69.0 Å². The summed E-state index contributed by atoms with van der Waals surface area (Å²) in [5.41, 5.74) is 3.15. The van der Waals surface area contributed by atoms with E-state index in [4.69, 9.17) is 11.6 Å². The maximum absolute atomic E-state index is 15.1. The van der Waals surface area contributed by atoms with Gasteiger partial charge in [-0.25, -0.2) is 0 Å². The van der Waals surface area contributed by atoms with E-state index in [9.17, 15) is 9.90 Å². The molecule has 0 bridgehead atoms. The zero-order chi connectivity index (χ0) is 32.2. The van der Waals surface area contributed by atoms with Crippen LogP contribution in [0, 0.1) is 18.8 Å². The van der Waals surface area contributed by atoms with Gasteiger partial charge in [0, 0.05) is 23.5 Å². The highest BCUT2D eigenvalue weighted by atomic mass is 35.5. The van der Waals surface area contributed by atoms with Gasteiger partial charge in [0.2, 0.25) is 11.8 Å². The van der Waals surface area contributed by atoms with Crippen LogP contribution >= 0.6 is 23.4 Å². The van der Waals surface area contributed by atoms with Gasteiger partial charge in [0.25, 0.3) is 5.91 Å². The van der Waals surface area contributed by atoms with Gasteiger partial charge in [0.05, 0.1) is 39.9 Å². The monoisotopic (exact) mass is 653 g/mol. The molecular weight excluding hydrogens is 618 g/mol. The first-order chi connectivity index (χ1) is 22.2. The number of para-hydroxylation sites is 2. The van der Waals surface area contributed by atoms with Gasteiger partial charge in [-0.15, -0.1) is 11.8 Å². The van der Waals surface area contributed by atoms with Crippen molar-refractivity contribution < 1.29 is 19.5 Å². The van der Waals surface area contributed by atoms with Gasteiger partial charge in [0.1, 0.15) is 6.04 Å². The molecule has 4 heterocycles. The first kappa shape index (κ1) is 30.8. The van der Waals surface area contributed by atoms with Crippen molar-refractivity contribution in [1.29, 1.82) is 0 Å². The van der Waals surface area contributed by atoms with Crippen LogP contribution in [-0.2, 0) is 20.8 Å². The molecule has 46 heavy (non-hydrogen) atoms. The Morgan fingerprint density at radius 3 is 2.22 bits per heavy atom. The number of hydrogen-bond acceptors (Lipinski definition) is 5. The fourth-order valence-corrected chi connectivity index (χ4v) is 10.5. The second-order valence-electron chi connectivity index (χ2n) is 12.7. The highest BCUT2D eigenvalue weighted by molar-refractivity contribution is 8.02. The summed E-state index contributed by atoms with van der Waals surface area (Å²) in [6.07, 6.45) is 8.36. The van der Waals surface area contributed by atoms with Crippen molar-refractivity contribution in [1.82, 2.24) is 4.90 Å². The van der Waals surface area contributed by atoms with Gasteiger partial charge in [0.15, 0.2) is 0 Å². The van der Waals surface area contributed by atoms with Crippen LogP contribution < -0.4 is 9.80 Å². The molecule has 0 aliphatic carbocycles. The number of aryl methyl sites for hydroxylation is 1. The number of anilines is 2. The van der Waals surface area contributed by atoms with Gasteiger partial charge in [-0.3, -0.25) is 14.4 Å². The molecule has 4 aliphatic rings. The number of aliphatic hydroxyl groups excluding tert-OH is 1. The molecule has 0 radical (unpaired) electrons. The van der Waals surface area contributed by atoms with Crippen LogP contribution in [0.1, 0.15) is 18.1 Å². The van der Waals surface area contributed by atoms with Crippen molar-refractivity contribution in [3.63, 3.8) is 0 Å². The fraction of sp³-hybridized carbons (Fsp3) is 0.324. The Kier molecular flexibility index (Phi) is 7.86. The zero-order valence-electron chi connectivity index (χ0n) is 25.8. The number of nitrogens with zero attached hydrogens (tertiary/aromatic N) is 3. The Hall–Kier alpha value is -3.85. The van der Waals surface area contributed by atoms with E-state index in [1.165, 1.54) is 11.8 Å². The number of aliphatic hydroxyl groups is 1. The van der Waals surface area contributed by atoms with Crippen molar-refractivity contribution in [3.05, 3.63) is 119 Å². The zero-order valence-corrected chi connectivity index (χ0v) is 27.3. The number of thioether (sulfide) groups is 1. The summed E-state index contributed by atoms with van der Waals surface area (Å²) in [5, 5.41) is 11.3. The third kappa shape index (κ3) is 4.72. The second-order valence-corrected chi connectivity index (χ2v) is 14.9. The summed E-state index contributed by atoms with van der Waals surface area (Å²) in [6, 6.07) is 23.0. The number of carbonyl (C=O) groups excluding carboxylic acids is 3. The minimum atomic E-state index is -1.05. The quantitative estimate of drug-likeness (QED) is 0.358. The van der Waals surface area contributed by atoms with Gasteiger partial charge in [-0.05, 0) is 49.6 Å². The highest BCUT2D eigenvalue weighted by Crippen LogP contribution is 2.66. The van der Waals surface area contributed by atoms with E-state index in [-0.39, 0.29) is 30.9 Å². The molecule has 3 aromatic rings. The molecule has 0 aromatic heterocycles. The van der Waals surface area contributed by atoms with E-state index in [2.05, 4.69) is 6.08 Å². The van der Waals surface area contributed by atoms with Crippen LogP contribution in [0.3, 0.4) is 0 Å². The molecule has 3 amide bonds. The number of hydrogen-bond donors (Lipinski definition) is 1. The summed E-state index contributed by atoms with van der Waals surface area (Å²) in [6.45, 7) is 4.24. The molecule has 1 spiro atoms. The van der Waals surface area contributed by atoms with Crippen LogP contribution in [0.4, 0.5) is 11.4 Å². The molecule has 4 aliphatic heterocycles. The van der Waals surface area contributed by atoms with E-state index >= 15 is 9.59 Å². The first-order valence-corrected chi connectivity index (χ1v) is 16.8. The largest absolute Gasteiger partial charge is 0.394 e. The fourth-order valence-electron chi connectivity index (χ4n) is 8.00. The van der Waals surface area contributed by atoms with Crippen LogP contribution in [0.5, 0.6) is 0 Å². The number of likely N-dealkylation sites (tertiary alicyclic amines) is 1. The van der Waals surface area contributed by atoms with Crippen molar-refractivity contribution in [2.75, 3.05) is 29.5 Å². The number of halogens is 1. The number of carbonyl (C=O) groups is 3. The lowest BCUT2D eigenvalue weighted by Crippen LogP contribution is -2.57. The Morgan fingerprint density at radius 1 is 0.848 bits per heavy atom. The van der Waals surface area contributed by atoms with Gasteiger partial charge >= 0.3 is 0 Å². The molecule has 2 fully saturated rings. The molecular formula is C37H36ClN3O4S. The van der Waals surface area contributed by atoms with Crippen molar-refractivity contribution in [2.45, 2.75) is 41.8 Å². The van der Waals surface area contributed by atoms with Crippen molar-refractivity contribution >= 4 is 52.5 Å². The number of rotatable bonds is 6.